The van der Waals surface area contributed by atoms with Crippen molar-refractivity contribution in [3.63, 3.8) is 0 Å². The number of rotatable bonds is 15. The molecule has 1 unspecified atom stereocenters. The number of allylic oxidation sites excluding steroid dienone is 2. The number of nitrogens with one attached hydrogen (secondary N) is 3. The number of ether oxygens (including phenoxy) is 1. The number of amides is 2. The third kappa shape index (κ3) is 9.45. The maximum atomic E-state index is 12.7. The molecule has 3 N–H and O–H groups in total. The summed E-state index contributed by atoms with van der Waals surface area (Å²) in [6.45, 7) is 7.55. The van der Waals surface area contributed by atoms with Gasteiger partial charge in [0.1, 0.15) is 11.8 Å². The third-order valence-electron chi connectivity index (χ3n) is 5.48. The molecule has 31 heavy (non-hydrogen) atoms. The summed E-state index contributed by atoms with van der Waals surface area (Å²) in [4.78, 5) is 25.1. The van der Waals surface area contributed by atoms with Gasteiger partial charge < -0.3 is 20.7 Å². The van der Waals surface area contributed by atoms with E-state index in [1.807, 2.05) is 38.1 Å². The molecule has 172 valence electrons. The highest BCUT2D eigenvalue weighted by atomic mass is 16.5. The minimum Gasteiger partial charge on any atom is -0.493 e. The lowest BCUT2D eigenvalue weighted by atomic mass is 10.1. The van der Waals surface area contributed by atoms with Crippen LogP contribution in [0.5, 0.6) is 5.75 Å². The number of para-hydroxylation sites is 1. The van der Waals surface area contributed by atoms with E-state index in [1.54, 1.807) is 0 Å². The number of aryl methyl sites for hydroxylation is 1. The summed E-state index contributed by atoms with van der Waals surface area (Å²) in [6.07, 6.45) is 8.46. The highest BCUT2D eigenvalue weighted by Gasteiger charge is 2.30. The van der Waals surface area contributed by atoms with Crippen LogP contribution in [0.25, 0.3) is 0 Å². The molecule has 0 saturated heterocycles. The van der Waals surface area contributed by atoms with Gasteiger partial charge in [-0.1, -0.05) is 51.0 Å². The van der Waals surface area contributed by atoms with Crippen LogP contribution in [-0.2, 0) is 16.0 Å². The molecule has 1 aromatic carbocycles. The van der Waals surface area contributed by atoms with Gasteiger partial charge in [0, 0.05) is 12.2 Å². The van der Waals surface area contributed by atoms with Gasteiger partial charge in [-0.3, -0.25) is 9.59 Å². The third-order valence-corrected chi connectivity index (χ3v) is 5.48. The first kappa shape index (κ1) is 24.8. The standard InChI is InChI=1S/C25H39N3O3/c1-4-16-31-23-12-8-7-10-20(23)11-9-15-26-25(30)22(17-19-13-14-19)28-24(29)18-27-21(5-2)6-3/h5,7-8,10,12,19,22,27H,4,6,9,11,13-18H2,1-3H3,(H,26,30)(H,28,29). The molecule has 1 aromatic rings. The predicted octanol–water partition coefficient (Wildman–Crippen LogP) is 3.71. The van der Waals surface area contributed by atoms with E-state index in [-0.39, 0.29) is 18.4 Å². The van der Waals surface area contributed by atoms with Crippen LogP contribution in [0.2, 0.25) is 0 Å². The number of hydrogen-bond donors (Lipinski definition) is 3. The van der Waals surface area contributed by atoms with Crippen molar-refractivity contribution in [3.8, 4) is 5.75 Å². The Morgan fingerprint density at radius 3 is 2.65 bits per heavy atom. The van der Waals surface area contributed by atoms with Gasteiger partial charge in [0.05, 0.1) is 13.2 Å². The van der Waals surface area contributed by atoms with E-state index in [2.05, 4.69) is 28.9 Å². The molecule has 2 rings (SSSR count). The molecule has 0 heterocycles. The van der Waals surface area contributed by atoms with Crippen molar-refractivity contribution < 1.29 is 14.3 Å². The largest absolute Gasteiger partial charge is 0.493 e. The zero-order valence-electron chi connectivity index (χ0n) is 19.3. The molecule has 1 atom stereocenters. The fraction of sp³-hybridized carbons (Fsp3) is 0.600. The molecule has 1 saturated carbocycles. The first-order valence-corrected chi connectivity index (χ1v) is 11.7. The van der Waals surface area contributed by atoms with Gasteiger partial charge in [-0.15, -0.1) is 0 Å². The summed E-state index contributed by atoms with van der Waals surface area (Å²) in [5, 5.41) is 9.06. The van der Waals surface area contributed by atoms with Crippen LogP contribution in [-0.4, -0.2) is 37.6 Å². The van der Waals surface area contributed by atoms with E-state index in [4.69, 9.17) is 4.74 Å². The van der Waals surface area contributed by atoms with E-state index in [9.17, 15) is 9.59 Å². The molecule has 1 fully saturated rings. The highest BCUT2D eigenvalue weighted by Crippen LogP contribution is 2.33. The van der Waals surface area contributed by atoms with E-state index < -0.39 is 6.04 Å². The summed E-state index contributed by atoms with van der Waals surface area (Å²) >= 11 is 0. The molecule has 1 aliphatic rings. The zero-order chi connectivity index (χ0) is 22.5. The van der Waals surface area contributed by atoms with Crippen LogP contribution in [0.15, 0.2) is 36.0 Å². The van der Waals surface area contributed by atoms with E-state index in [0.717, 1.165) is 62.0 Å². The molecule has 0 bridgehead atoms. The van der Waals surface area contributed by atoms with Gasteiger partial charge in [0.15, 0.2) is 0 Å². The van der Waals surface area contributed by atoms with Crippen LogP contribution in [0, 0.1) is 5.92 Å². The van der Waals surface area contributed by atoms with Crippen LogP contribution in [0.1, 0.15) is 64.9 Å². The van der Waals surface area contributed by atoms with E-state index in [1.165, 1.54) is 0 Å². The average molecular weight is 430 g/mol. The topological polar surface area (TPSA) is 79.5 Å². The zero-order valence-corrected chi connectivity index (χ0v) is 19.3. The van der Waals surface area contributed by atoms with E-state index >= 15 is 0 Å². The minimum atomic E-state index is -0.461. The Kier molecular flexibility index (Phi) is 11.0. The van der Waals surface area contributed by atoms with Crippen molar-refractivity contribution in [3.05, 3.63) is 41.6 Å². The lowest BCUT2D eigenvalue weighted by Crippen LogP contribution is -2.49. The maximum absolute atomic E-state index is 12.7. The van der Waals surface area contributed by atoms with Crippen molar-refractivity contribution in [2.45, 2.75) is 71.8 Å². The van der Waals surface area contributed by atoms with Gasteiger partial charge in [-0.25, -0.2) is 0 Å². The smallest absolute Gasteiger partial charge is 0.242 e. The monoisotopic (exact) mass is 429 g/mol. The average Bonchev–Trinajstić information content (AvgIpc) is 3.60. The van der Waals surface area contributed by atoms with Gasteiger partial charge in [0.2, 0.25) is 11.8 Å². The quantitative estimate of drug-likeness (QED) is 0.371. The Hall–Kier alpha value is -2.50. The molecule has 0 aliphatic heterocycles. The lowest BCUT2D eigenvalue weighted by Gasteiger charge is -2.19. The maximum Gasteiger partial charge on any atom is 0.242 e. The number of hydrogen-bond acceptors (Lipinski definition) is 4. The Labute approximate surface area is 187 Å². The van der Waals surface area contributed by atoms with Crippen molar-refractivity contribution in [1.29, 1.82) is 0 Å². The van der Waals surface area contributed by atoms with Crippen molar-refractivity contribution in [2.75, 3.05) is 19.7 Å². The second-order valence-electron chi connectivity index (χ2n) is 8.17. The number of carbonyl (C=O) groups is 2. The fourth-order valence-corrected chi connectivity index (χ4v) is 3.47. The van der Waals surface area contributed by atoms with E-state index in [0.29, 0.717) is 19.1 Å². The fourth-order valence-electron chi connectivity index (χ4n) is 3.47. The van der Waals surface area contributed by atoms with Crippen LogP contribution < -0.4 is 20.7 Å². The summed E-state index contributed by atoms with van der Waals surface area (Å²) < 4.78 is 5.81. The van der Waals surface area contributed by atoms with Crippen LogP contribution in [0.3, 0.4) is 0 Å². The second-order valence-corrected chi connectivity index (χ2v) is 8.17. The molecule has 0 aromatic heterocycles. The summed E-state index contributed by atoms with van der Waals surface area (Å²) in [5.41, 5.74) is 2.19. The summed E-state index contributed by atoms with van der Waals surface area (Å²) in [7, 11) is 0. The molecule has 0 radical (unpaired) electrons. The normalized spacial score (nSPS) is 14.6. The molecule has 2 amide bonds. The second kappa shape index (κ2) is 13.7. The van der Waals surface area contributed by atoms with Gasteiger partial charge in [-0.05, 0) is 56.6 Å². The Bertz CT molecular complexity index is 728. The Balaban J connectivity index is 1.78. The van der Waals surface area contributed by atoms with Gasteiger partial charge >= 0.3 is 0 Å². The molecule has 6 heteroatoms. The minimum absolute atomic E-state index is 0.0856. The first-order valence-electron chi connectivity index (χ1n) is 11.7. The molecular formula is C25H39N3O3. The Morgan fingerprint density at radius 2 is 1.97 bits per heavy atom. The van der Waals surface area contributed by atoms with Crippen LogP contribution in [0.4, 0.5) is 0 Å². The first-order chi connectivity index (χ1) is 15.1. The van der Waals surface area contributed by atoms with Gasteiger partial charge in [0.25, 0.3) is 0 Å². The molecule has 0 spiro atoms. The highest BCUT2D eigenvalue weighted by molar-refractivity contribution is 5.88. The lowest BCUT2D eigenvalue weighted by molar-refractivity contribution is -0.128. The summed E-state index contributed by atoms with van der Waals surface area (Å²) in [6, 6.07) is 7.61. The predicted molar refractivity (Wildman–Crippen MR) is 125 cm³/mol. The SMILES string of the molecule is CC=C(CC)NCC(=O)NC(CC1CC1)C(=O)NCCCc1ccccc1OCCC. The molecule has 1 aliphatic carbocycles. The number of benzene rings is 1. The number of carbonyl (C=O) groups excluding carboxylic acids is 2. The van der Waals surface area contributed by atoms with Gasteiger partial charge in [-0.2, -0.15) is 0 Å². The van der Waals surface area contributed by atoms with Crippen molar-refractivity contribution in [2.24, 2.45) is 5.92 Å². The van der Waals surface area contributed by atoms with Crippen LogP contribution >= 0.6 is 0 Å². The Morgan fingerprint density at radius 1 is 1.19 bits per heavy atom. The molecule has 6 nitrogen and oxygen atoms in total. The molecular weight excluding hydrogens is 390 g/mol. The van der Waals surface area contributed by atoms with Crippen molar-refractivity contribution >= 4 is 11.8 Å². The summed E-state index contributed by atoms with van der Waals surface area (Å²) in [5.74, 6) is 1.25. The van der Waals surface area contributed by atoms with Crippen molar-refractivity contribution in [1.82, 2.24) is 16.0 Å².